The van der Waals surface area contributed by atoms with E-state index in [1.54, 1.807) is 24.3 Å². The van der Waals surface area contributed by atoms with Crippen molar-refractivity contribution in [3.05, 3.63) is 72.6 Å². The lowest BCUT2D eigenvalue weighted by atomic mass is 10.0. The summed E-state index contributed by atoms with van der Waals surface area (Å²) >= 11 is 0. The summed E-state index contributed by atoms with van der Waals surface area (Å²) in [5.74, 6) is -0.372. The summed E-state index contributed by atoms with van der Waals surface area (Å²) < 4.78 is 11.0. The van der Waals surface area contributed by atoms with E-state index in [4.69, 9.17) is 15.2 Å². The van der Waals surface area contributed by atoms with Crippen LogP contribution in [-0.4, -0.2) is 40.7 Å². The highest BCUT2D eigenvalue weighted by Gasteiger charge is 2.40. The molecule has 0 saturated carbocycles. The van der Waals surface area contributed by atoms with E-state index in [9.17, 15) is 15.0 Å². The number of primary amides is 1. The minimum atomic E-state index is -1.36. The topological polar surface area (TPSA) is 102 Å². The molecule has 6 nitrogen and oxygen atoms in total. The zero-order valence-corrected chi connectivity index (χ0v) is 13.1. The van der Waals surface area contributed by atoms with Gasteiger partial charge < -0.3 is 25.4 Å². The molecule has 24 heavy (non-hydrogen) atoms. The summed E-state index contributed by atoms with van der Waals surface area (Å²) in [6, 6.07) is 0. The van der Waals surface area contributed by atoms with E-state index in [1.807, 2.05) is 42.5 Å². The van der Waals surface area contributed by atoms with Gasteiger partial charge in [-0.2, -0.15) is 0 Å². The summed E-state index contributed by atoms with van der Waals surface area (Å²) in [5, 5.41) is 19.6. The molecule has 128 valence electrons. The van der Waals surface area contributed by atoms with E-state index in [0.717, 1.165) is 0 Å². The summed E-state index contributed by atoms with van der Waals surface area (Å²) in [4.78, 5) is 11.3. The normalized spacial score (nSPS) is 39.2. The van der Waals surface area contributed by atoms with Crippen molar-refractivity contribution in [2.75, 3.05) is 0 Å². The minimum absolute atomic E-state index is 0.0261. The first-order valence-electron chi connectivity index (χ1n) is 7.60. The number of hydrogen-bond donors (Lipinski definition) is 3. The summed E-state index contributed by atoms with van der Waals surface area (Å²) in [6.07, 6.45) is 15.4. The van der Waals surface area contributed by atoms with Gasteiger partial charge in [0.1, 0.15) is 11.9 Å². The lowest BCUT2D eigenvalue weighted by molar-refractivity contribution is -0.232. The number of aliphatic hydroxyl groups excluding tert-OH is 2. The molecule has 0 bridgehead atoms. The lowest BCUT2D eigenvalue weighted by Crippen LogP contribution is -2.54. The number of rotatable bonds is 3. The van der Waals surface area contributed by atoms with Crippen molar-refractivity contribution >= 4 is 5.91 Å². The Hall–Kier alpha value is -2.41. The van der Waals surface area contributed by atoms with Gasteiger partial charge in [-0.15, -0.1) is 0 Å². The standard InChI is InChI=1S/C18H21NO5/c19-18(22)17-16(21)14(20)12-15(24-17)23-13-10-8-6-4-2-1-3-5-7-9-11-13/h1-11,14-17,20-21H,12H2,(H2,19,22)/b2-1-,3-1?,4-2?,5-3-,6-4-,7-5?,8-6?,9-7-,10-8-,11-9?,13-10?,13-11+/t14-,15-,16+,17+/m1/s1. The molecule has 0 unspecified atom stereocenters. The molecule has 1 heterocycles. The summed E-state index contributed by atoms with van der Waals surface area (Å²) in [5.41, 5.74) is 5.18. The molecule has 0 aromatic rings. The van der Waals surface area contributed by atoms with Crippen molar-refractivity contribution in [3.8, 4) is 0 Å². The number of amides is 1. The van der Waals surface area contributed by atoms with Gasteiger partial charge in [-0.05, 0) is 12.2 Å². The zero-order chi connectivity index (χ0) is 17.4. The van der Waals surface area contributed by atoms with Gasteiger partial charge in [0.25, 0.3) is 0 Å². The van der Waals surface area contributed by atoms with Crippen molar-refractivity contribution < 1.29 is 24.5 Å². The molecule has 1 amide bonds. The number of nitrogens with two attached hydrogens (primary N) is 1. The fraction of sp³-hybridized carbons (Fsp3) is 0.278. The van der Waals surface area contributed by atoms with E-state index in [0.29, 0.717) is 5.76 Å². The fourth-order valence-electron chi connectivity index (χ4n) is 2.18. The predicted molar refractivity (Wildman–Crippen MR) is 89.4 cm³/mol. The maximum Gasteiger partial charge on any atom is 0.249 e. The van der Waals surface area contributed by atoms with Gasteiger partial charge in [0.05, 0.1) is 6.10 Å². The van der Waals surface area contributed by atoms with E-state index >= 15 is 0 Å². The summed E-state index contributed by atoms with van der Waals surface area (Å²) in [7, 11) is 0. The number of hydrogen-bond acceptors (Lipinski definition) is 5. The average molecular weight is 331 g/mol. The van der Waals surface area contributed by atoms with Crippen molar-refractivity contribution in [1.82, 2.24) is 0 Å². The quantitative estimate of drug-likeness (QED) is 0.716. The second kappa shape index (κ2) is 9.02. The molecule has 1 fully saturated rings. The van der Waals surface area contributed by atoms with Crippen molar-refractivity contribution in [3.63, 3.8) is 0 Å². The van der Waals surface area contributed by atoms with Gasteiger partial charge in [0.15, 0.2) is 6.10 Å². The van der Waals surface area contributed by atoms with Gasteiger partial charge in [0.2, 0.25) is 12.2 Å². The van der Waals surface area contributed by atoms with E-state index in [-0.39, 0.29) is 6.42 Å². The van der Waals surface area contributed by atoms with Crippen LogP contribution in [0.1, 0.15) is 6.42 Å². The largest absolute Gasteiger partial charge is 0.465 e. The van der Waals surface area contributed by atoms with Crippen LogP contribution < -0.4 is 5.73 Å². The maximum atomic E-state index is 11.3. The molecule has 0 radical (unpaired) electrons. The highest BCUT2D eigenvalue weighted by molar-refractivity contribution is 5.79. The molecule has 1 aliphatic heterocycles. The Balaban J connectivity index is 2.10. The minimum Gasteiger partial charge on any atom is -0.465 e. The Labute approximate surface area is 140 Å². The van der Waals surface area contributed by atoms with Crippen LogP contribution in [0.5, 0.6) is 0 Å². The van der Waals surface area contributed by atoms with Crippen LogP contribution in [0, 0.1) is 0 Å². The maximum absolute atomic E-state index is 11.3. The van der Waals surface area contributed by atoms with Crippen molar-refractivity contribution in [2.24, 2.45) is 5.73 Å². The van der Waals surface area contributed by atoms with Gasteiger partial charge in [-0.25, -0.2) is 0 Å². The molecule has 4 N–H and O–H groups in total. The molecule has 4 atom stereocenters. The molecule has 0 spiro atoms. The van der Waals surface area contributed by atoms with Gasteiger partial charge in [-0.1, -0.05) is 54.7 Å². The number of carbonyl (C=O) groups excluding carboxylic acids is 1. The van der Waals surface area contributed by atoms with Crippen LogP contribution in [0.15, 0.2) is 72.6 Å². The Morgan fingerprint density at radius 3 is 2.25 bits per heavy atom. The van der Waals surface area contributed by atoms with Gasteiger partial charge in [0, 0.05) is 6.42 Å². The first-order valence-corrected chi connectivity index (χ1v) is 7.60. The zero-order valence-electron chi connectivity index (χ0n) is 13.1. The molecule has 2 rings (SSSR count). The molecule has 1 aliphatic carbocycles. The lowest BCUT2D eigenvalue weighted by Gasteiger charge is -2.35. The molecule has 0 aromatic carbocycles. The first-order chi connectivity index (χ1) is 11.6. The molecular formula is C18H21NO5. The third-order valence-electron chi connectivity index (χ3n) is 3.39. The Morgan fingerprint density at radius 1 is 1.04 bits per heavy atom. The smallest absolute Gasteiger partial charge is 0.249 e. The van der Waals surface area contributed by atoms with Crippen LogP contribution in [0.25, 0.3) is 0 Å². The fourth-order valence-corrected chi connectivity index (χ4v) is 2.18. The average Bonchev–Trinajstić information content (AvgIpc) is 2.53. The van der Waals surface area contributed by atoms with E-state index in [1.165, 1.54) is 0 Å². The molecule has 6 heteroatoms. The van der Waals surface area contributed by atoms with Gasteiger partial charge >= 0.3 is 0 Å². The molecule has 0 aromatic heterocycles. The summed E-state index contributed by atoms with van der Waals surface area (Å²) in [6.45, 7) is 0. The molecule has 2 aliphatic rings. The van der Waals surface area contributed by atoms with Gasteiger partial charge in [-0.3, -0.25) is 4.79 Å². The second-order valence-corrected chi connectivity index (χ2v) is 5.27. The number of carbonyl (C=O) groups is 1. The molecular weight excluding hydrogens is 310 g/mol. The SMILES string of the molecule is NC(=O)[C@H]1O[C@@H](OC2=C/C=C\C=C/C=C\C=C/C=C\2)C[C@@H](O)[C@@H]1O. The number of aliphatic hydroxyl groups is 2. The highest BCUT2D eigenvalue weighted by Crippen LogP contribution is 2.23. The van der Waals surface area contributed by atoms with Crippen LogP contribution >= 0.6 is 0 Å². The predicted octanol–water partition coefficient (Wildman–Crippen LogP) is 1.00. The van der Waals surface area contributed by atoms with Crippen LogP contribution in [0.2, 0.25) is 0 Å². The molecule has 1 saturated heterocycles. The van der Waals surface area contributed by atoms with E-state index < -0.39 is 30.5 Å². The van der Waals surface area contributed by atoms with Crippen LogP contribution in [0.4, 0.5) is 0 Å². The Bertz CT molecular complexity index is 615. The number of ether oxygens (including phenoxy) is 2. The Kier molecular flexibility index (Phi) is 6.74. The van der Waals surface area contributed by atoms with Crippen LogP contribution in [-0.2, 0) is 14.3 Å². The van der Waals surface area contributed by atoms with Crippen molar-refractivity contribution in [1.29, 1.82) is 0 Å². The van der Waals surface area contributed by atoms with E-state index in [2.05, 4.69) is 0 Å². The second-order valence-electron chi connectivity index (χ2n) is 5.27. The van der Waals surface area contributed by atoms with Crippen LogP contribution in [0.3, 0.4) is 0 Å². The monoisotopic (exact) mass is 331 g/mol. The third kappa shape index (κ3) is 5.34. The Morgan fingerprint density at radius 2 is 1.62 bits per heavy atom. The highest BCUT2D eigenvalue weighted by atomic mass is 16.7. The number of allylic oxidation sites excluding steroid dienone is 11. The third-order valence-corrected chi connectivity index (χ3v) is 3.39. The first kappa shape index (κ1) is 17.9. The van der Waals surface area contributed by atoms with Crippen molar-refractivity contribution in [2.45, 2.75) is 31.0 Å².